The number of amides is 1. The molecule has 41 heavy (non-hydrogen) atoms. The molecule has 1 heterocycles. The van der Waals surface area contributed by atoms with Crippen LogP contribution in [0.2, 0.25) is 0 Å². The van der Waals surface area contributed by atoms with Crippen LogP contribution in [0.4, 0.5) is 5.69 Å². The third-order valence-corrected chi connectivity index (χ3v) is 6.71. The van der Waals surface area contributed by atoms with E-state index in [9.17, 15) is 24.6 Å². The number of nitrogens with one attached hydrogen (secondary N) is 3. The van der Waals surface area contributed by atoms with Crippen LogP contribution in [-0.2, 0) is 0 Å². The molecule has 1 aliphatic heterocycles. The average molecular weight is 568 g/mol. The van der Waals surface area contributed by atoms with Gasteiger partial charge in [-0.3, -0.25) is 9.59 Å². The van der Waals surface area contributed by atoms with Crippen LogP contribution in [0, 0.1) is 6.92 Å². The fraction of sp³-hybridized carbons (Fsp3) is 0.0968. The van der Waals surface area contributed by atoms with Crippen LogP contribution in [0.3, 0.4) is 0 Å². The summed E-state index contributed by atoms with van der Waals surface area (Å²) in [4.78, 5) is 36.7. The Balaban J connectivity index is 1.36. The first-order valence-corrected chi connectivity index (χ1v) is 13.1. The summed E-state index contributed by atoms with van der Waals surface area (Å²) in [6, 6.07) is 20.9. The molecule has 9 nitrogen and oxygen atoms in total. The van der Waals surface area contributed by atoms with Gasteiger partial charge in [0.1, 0.15) is 17.1 Å². The van der Waals surface area contributed by atoms with E-state index in [2.05, 4.69) is 16.0 Å². The molecule has 3 aromatic carbocycles. The molecule has 0 radical (unpaired) electrons. The maximum atomic E-state index is 12.4. The molecule has 0 fully saturated rings. The number of anilines is 1. The van der Waals surface area contributed by atoms with Crippen LogP contribution in [0.15, 0.2) is 88.1 Å². The zero-order chi connectivity index (χ0) is 29.1. The zero-order valence-corrected chi connectivity index (χ0v) is 22.7. The number of phenolic OH excluding ortho intramolecular Hbond substituents is 1. The van der Waals surface area contributed by atoms with Gasteiger partial charge in [0.25, 0.3) is 5.91 Å². The monoisotopic (exact) mass is 567 g/mol. The topological polar surface area (TPSA) is 141 Å². The van der Waals surface area contributed by atoms with Gasteiger partial charge in [-0.1, -0.05) is 23.8 Å². The first-order valence-electron chi connectivity index (χ1n) is 12.7. The summed E-state index contributed by atoms with van der Waals surface area (Å²) >= 11 is 5.36. The summed E-state index contributed by atoms with van der Waals surface area (Å²) in [6.45, 7) is 2.63. The molecule has 10 heteroatoms. The number of carboxylic acids is 1. The summed E-state index contributed by atoms with van der Waals surface area (Å²) in [7, 11) is 0. The smallest absolute Gasteiger partial charge is 0.336 e. The summed E-state index contributed by atoms with van der Waals surface area (Å²) in [6.07, 6.45) is 0. The maximum absolute atomic E-state index is 12.4. The number of aromatic carboxylic acids is 1. The van der Waals surface area contributed by atoms with E-state index in [1.165, 1.54) is 30.3 Å². The highest BCUT2D eigenvalue weighted by Crippen LogP contribution is 2.42. The third-order valence-electron chi connectivity index (χ3n) is 6.46. The molecule has 1 amide bonds. The summed E-state index contributed by atoms with van der Waals surface area (Å²) in [5, 5.41) is 29.7. The number of carbonyl (C=O) groups is 2. The predicted octanol–water partition coefficient (Wildman–Crippen LogP) is 4.99. The molecule has 5 N–H and O–H groups in total. The first-order chi connectivity index (χ1) is 19.7. The SMILES string of the molecule is Cc1ccc(C(=O)NCCNC(=S)Nc2ccc(-c3c4ccc(=O)cc-4oc4cc(O)ccc34)c(C(=O)O)c2)cc1. The maximum Gasteiger partial charge on any atom is 0.336 e. The Bertz CT molecular complexity index is 1830. The number of hydrogen-bond acceptors (Lipinski definition) is 6. The van der Waals surface area contributed by atoms with Gasteiger partial charge in [0.2, 0.25) is 0 Å². The van der Waals surface area contributed by atoms with Gasteiger partial charge in [-0.25, -0.2) is 4.79 Å². The van der Waals surface area contributed by atoms with Crippen molar-refractivity contribution in [2.75, 3.05) is 18.4 Å². The van der Waals surface area contributed by atoms with Crippen molar-refractivity contribution in [3.63, 3.8) is 0 Å². The predicted molar refractivity (Wildman–Crippen MR) is 161 cm³/mol. The average Bonchev–Trinajstić information content (AvgIpc) is 2.94. The molecule has 5 rings (SSSR count). The minimum Gasteiger partial charge on any atom is -0.508 e. The second-order valence-electron chi connectivity index (χ2n) is 9.38. The number of aromatic hydroxyl groups is 1. The van der Waals surface area contributed by atoms with Crippen molar-refractivity contribution in [2.24, 2.45) is 0 Å². The third kappa shape index (κ3) is 6.02. The van der Waals surface area contributed by atoms with Crippen molar-refractivity contribution in [3.8, 4) is 28.2 Å². The summed E-state index contributed by atoms with van der Waals surface area (Å²) in [5.41, 5.74) is 3.62. The van der Waals surface area contributed by atoms with Gasteiger partial charge in [0, 0.05) is 53.0 Å². The Morgan fingerprint density at radius 3 is 2.37 bits per heavy atom. The zero-order valence-electron chi connectivity index (χ0n) is 21.9. The molecule has 0 spiro atoms. The normalized spacial score (nSPS) is 10.9. The van der Waals surface area contributed by atoms with Crippen molar-refractivity contribution in [1.29, 1.82) is 0 Å². The lowest BCUT2D eigenvalue weighted by molar-refractivity contribution is 0.0697. The van der Waals surface area contributed by atoms with E-state index in [1.54, 1.807) is 36.4 Å². The molecular formula is C31H25N3O6S. The van der Waals surface area contributed by atoms with Crippen molar-refractivity contribution in [2.45, 2.75) is 6.92 Å². The van der Waals surface area contributed by atoms with E-state index in [-0.39, 0.29) is 33.5 Å². The highest BCUT2D eigenvalue weighted by atomic mass is 32.1. The van der Waals surface area contributed by atoms with Crippen molar-refractivity contribution < 1.29 is 24.2 Å². The number of fused-ring (bicyclic) bond motifs is 2. The van der Waals surface area contributed by atoms with Gasteiger partial charge < -0.3 is 30.6 Å². The van der Waals surface area contributed by atoms with Gasteiger partial charge in [0.15, 0.2) is 10.5 Å². The Labute approximate surface area is 239 Å². The number of carboxylic acid groups (broad SMARTS) is 1. The molecule has 0 bridgehead atoms. The minimum atomic E-state index is -1.16. The highest BCUT2D eigenvalue weighted by Gasteiger charge is 2.22. The molecule has 0 unspecified atom stereocenters. The van der Waals surface area contributed by atoms with Gasteiger partial charge in [0.05, 0.1) is 5.56 Å². The Kier molecular flexibility index (Phi) is 7.66. The first kappa shape index (κ1) is 27.4. The highest BCUT2D eigenvalue weighted by molar-refractivity contribution is 7.80. The Hall–Kier alpha value is -5.22. The van der Waals surface area contributed by atoms with Crippen molar-refractivity contribution in [1.82, 2.24) is 10.6 Å². The van der Waals surface area contributed by atoms with E-state index in [0.717, 1.165) is 5.56 Å². The lowest BCUT2D eigenvalue weighted by Gasteiger charge is -2.18. The fourth-order valence-corrected chi connectivity index (χ4v) is 4.72. The molecular weight excluding hydrogens is 542 g/mol. The number of carbonyl (C=O) groups excluding carboxylic acids is 1. The summed E-state index contributed by atoms with van der Waals surface area (Å²) in [5.74, 6) is -1.12. The number of rotatable bonds is 7. The lowest BCUT2D eigenvalue weighted by Crippen LogP contribution is -2.36. The number of hydrogen-bond donors (Lipinski definition) is 5. The number of benzene rings is 4. The van der Waals surface area contributed by atoms with Gasteiger partial charge in [-0.15, -0.1) is 0 Å². The van der Waals surface area contributed by atoms with Crippen LogP contribution >= 0.6 is 12.2 Å². The lowest BCUT2D eigenvalue weighted by atomic mass is 9.90. The van der Waals surface area contributed by atoms with Crippen molar-refractivity contribution >= 4 is 45.9 Å². The standard InChI is InChI=1S/C31H25N3O6S/c1-17-2-4-18(5-3-17)29(37)32-12-13-33-31(41)34-19-6-9-22(25(14-19)30(38)39)28-23-10-7-20(35)15-26(23)40-27-16-21(36)8-11-24(27)28/h2-11,14-16,35H,12-13H2,1H3,(H,32,37)(H,38,39)(H2,33,34,41). The van der Waals surface area contributed by atoms with E-state index >= 15 is 0 Å². The largest absolute Gasteiger partial charge is 0.508 e. The van der Waals surface area contributed by atoms with Crippen molar-refractivity contribution in [3.05, 3.63) is 106 Å². The molecule has 3 aromatic rings. The fourth-order valence-electron chi connectivity index (χ4n) is 4.50. The van der Waals surface area contributed by atoms with Gasteiger partial charge in [-0.05, 0) is 73.2 Å². The van der Waals surface area contributed by atoms with E-state index < -0.39 is 5.97 Å². The van der Waals surface area contributed by atoms with Gasteiger partial charge in [-0.2, -0.15) is 0 Å². The molecule has 206 valence electrons. The molecule has 1 aliphatic carbocycles. The molecule has 0 saturated heterocycles. The second-order valence-corrected chi connectivity index (χ2v) is 9.79. The van der Waals surface area contributed by atoms with Crippen LogP contribution in [0.5, 0.6) is 5.75 Å². The van der Waals surface area contributed by atoms with Crippen LogP contribution in [-0.4, -0.2) is 40.3 Å². The second kappa shape index (κ2) is 11.5. The molecule has 0 aromatic heterocycles. The number of thiocarbonyl (C=S) groups is 1. The van der Waals surface area contributed by atoms with Crippen LogP contribution < -0.4 is 21.4 Å². The minimum absolute atomic E-state index is 0.00349. The molecule has 0 saturated carbocycles. The molecule has 0 atom stereocenters. The van der Waals surface area contributed by atoms with E-state index in [1.807, 2.05) is 19.1 Å². The van der Waals surface area contributed by atoms with E-state index in [4.69, 9.17) is 16.6 Å². The quantitative estimate of drug-likeness (QED) is 0.104. The van der Waals surface area contributed by atoms with Gasteiger partial charge >= 0.3 is 5.97 Å². The Morgan fingerprint density at radius 2 is 1.61 bits per heavy atom. The molecule has 2 aliphatic rings. The van der Waals surface area contributed by atoms with Crippen LogP contribution in [0.1, 0.15) is 26.3 Å². The Morgan fingerprint density at radius 1 is 0.878 bits per heavy atom. The number of aryl methyl sites for hydroxylation is 1. The summed E-state index contributed by atoms with van der Waals surface area (Å²) < 4.78 is 5.87. The number of phenols is 1. The van der Waals surface area contributed by atoms with E-state index in [0.29, 0.717) is 52.0 Å². The van der Waals surface area contributed by atoms with Crippen LogP contribution in [0.25, 0.3) is 33.4 Å².